The normalized spacial score (nSPS) is 15.3. The molecule has 240 valence electrons. The van der Waals surface area contributed by atoms with Crippen LogP contribution in [0.1, 0.15) is 23.2 Å². The third kappa shape index (κ3) is 10.4. The number of carboxylic acid groups (broad SMARTS) is 2. The summed E-state index contributed by atoms with van der Waals surface area (Å²) in [6.07, 6.45) is -5.03. The molecule has 0 saturated heterocycles. The summed E-state index contributed by atoms with van der Waals surface area (Å²) >= 11 is 0. The number of H-pyrrole nitrogens is 1. The molecular formula is C25H34N8O11. The van der Waals surface area contributed by atoms with Crippen molar-refractivity contribution in [3.63, 3.8) is 0 Å². The molecule has 1 aromatic carbocycles. The van der Waals surface area contributed by atoms with E-state index in [2.05, 4.69) is 30.9 Å². The predicted molar refractivity (Wildman–Crippen MR) is 155 cm³/mol. The smallest absolute Gasteiger partial charge is 0.326 e. The van der Waals surface area contributed by atoms with E-state index in [1.165, 1.54) is 12.1 Å². The highest BCUT2D eigenvalue weighted by molar-refractivity contribution is 5.98. The fraction of sp³-hybridized carbons (Fsp3) is 0.400. The van der Waals surface area contributed by atoms with Crippen LogP contribution >= 0.6 is 0 Å². The molecule has 5 atom stereocenters. The number of aromatic nitrogens is 2. The van der Waals surface area contributed by atoms with E-state index in [0.717, 1.165) is 0 Å². The molecule has 0 fully saturated rings. The van der Waals surface area contributed by atoms with Crippen LogP contribution in [-0.4, -0.2) is 121 Å². The standard InChI is InChI=1S/C19H21N7O6.C6H13NO5/c20-19-25-15-14(17(30)26-19)23-11(8-22-15)7-21-10-3-1-9(2-4-10)16(29)24-12(18(31)32)5-6-13(27)28;7-3(1-8)5(11)6(12)4(10)2-9/h1-4,12,21H,5-8H2,(H,24,29)(H,27,28)(H,31,32)(H4,20,22,25,26,30);1,3-6,9-12H,2,7H2/t;3-,4+,5+,6-/m.0/s1. The van der Waals surface area contributed by atoms with Crippen LogP contribution in [0, 0.1) is 0 Å². The number of carbonyl (C=O) groups excluding carboxylic acids is 2. The predicted octanol–water partition coefficient (Wildman–Crippen LogP) is -3.40. The lowest BCUT2D eigenvalue weighted by atomic mass is 10.0. The monoisotopic (exact) mass is 622 g/mol. The van der Waals surface area contributed by atoms with Crippen LogP contribution in [0.5, 0.6) is 0 Å². The number of hydrogen-bond acceptors (Lipinski definition) is 15. The lowest BCUT2D eigenvalue weighted by Gasteiger charge is -2.23. The maximum absolute atomic E-state index is 12.3. The minimum absolute atomic E-state index is 0.00119. The SMILES string of the molecule is N[C@@H](C=O)[C@@H](O)[C@@H](O)[C@H](O)CO.Nc1nc2c(c(=O)[nH]1)N=C(CNc1ccc(C(=O)NC(CCC(=O)O)C(=O)O)cc1)CN2. The zero-order valence-corrected chi connectivity index (χ0v) is 23.1. The van der Waals surface area contributed by atoms with E-state index in [1.807, 2.05) is 0 Å². The van der Waals surface area contributed by atoms with Gasteiger partial charge in [-0.2, -0.15) is 4.98 Å². The van der Waals surface area contributed by atoms with Gasteiger partial charge >= 0.3 is 11.9 Å². The average molecular weight is 623 g/mol. The molecule has 0 aliphatic carbocycles. The Balaban J connectivity index is 0.000000477. The average Bonchev–Trinajstić information content (AvgIpc) is 3.00. The van der Waals surface area contributed by atoms with Crippen molar-refractivity contribution in [1.29, 1.82) is 0 Å². The molecule has 1 aliphatic heterocycles. The van der Waals surface area contributed by atoms with Gasteiger partial charge in [0.2, 0.25) is 5.95 Å². The van der Waals surface area contributed by atoms with Crippen molar-refractivity contribution in [2.24, 2.45) is 10.7 Å². The molecule has 1 amide bonds. The van der Waals surface area contributed by atoms with Gasteiger partial charge in [-0.05, 0) is 30.7 Å². The summed E-state index contributed by atoms with van der Waals surface area (Å²) < 4.78 is 0. The summed E-state index contributed by atoms with van der Waals surface area (Å²) in [4.78, 5) is 66.8. The zero-order valence-electron chi connectivity index (χ0n) is 23.1. The maximum Gasteiger partial charge on any atom is 0.326 e. The highest BCUT2D eigenvalue weighted by Gasteiger charge is 2.28. The number of aliphatic hydroxyl groups is 4. The first-order chi connectivity index (χ1) is 20.8. The number of nitrogens with zero attached hydrogens (tertiary/aromatic N) is 2. The largest absolute Gasteiger partial charge is 0.481 e. The number of fused-ring (bicyclic) bond motifs is 1. The number of aliphatic imine (C=N–C) groups is 1. The van der Waals surface area contributed by atoms with E-state index >= 15 is 0 Å². The number of rotatable bonds is 14. The minimum atomic E-state index is -1.62. The maximum atomic E-state index is 12.3. The van der Waals surface area contributed by atoms with Crippen LogP contribution in [0.15, 0.2) is 34.1 Å². The summed E-state index contributed by atoms with van der Waals surface area (Å²) in [6, 6.07) is 3.69. The number of hydrogen-bond donors (Lipinski definition) is 12. The molecule has 19 heteroatoms. The van der Waals surface area contributed by atoms with E-state index in [4.69, 9.17) is 42.1 Å². The summed E-state index contributed by atoms with van der Waals surface area (Å²) in [5.41, 5.74) is 11.8. The molecule has 0 saturated carbocycles. The molecule has 19 nitrogen and oxygen atoms in total. The Bertz CT molecular complexity index is 1400. The molecule has 2 aromatic rings. The van der Waals surface area contributed by atoms with Gasteiger partial charge in [0.1, 0.15) is 30.6 Å². The van der Waals surface area contributed by atoms with E-state index in [0.29, 0.717) is 30.3 Å². The van der Waals surface area contributed by atoms with Crippen molar-refractivity contribution in [3.8, 4) is 0 Å². The van der Waals surface area contributed by atoms with Crippen molar-refractivity contribution in [2.75, 3.05) is 36.1 Å². The summed E-state index contributed by atoms with van der Waals surface area (Å²) in [7, 11) is 0. The number of aromatic amines is 1. The van der Waals surface area contributed by atoms with Gasteiger partial charge in [0, 0.05) is 17.7 Å². The van der Waals surface area contributed by atoms with Crippen molar-refractivity contribution in [2.45, 2.75) is 43.2 Å². The Hall–Kier alpha value is -4.95. The summed E-state index contributed by atoms with van der Waals surface area (Å²) in [6.45, 7) is -0.0226. The van der Waals surface area contributed by atoms with Crippen LogP contribution in [-0.2, 0) is 14.4 Å². The highest BCUT2D eigenvalue weighted by atomic mass is 16.4. The number of benzene rings is 1. The number of aliphatic carboxylic acids is 2. The molecule has 2 heterocycles. The van der Waals surface area contributed by atoms with Gasteiger partial charge in [-0.25, -0.2) is 9.79 Å². The lowest BCUT2D eigenvalue weighted by Crippen LogP contribution is -2.49. The first-order valence-corrected chi connectivity index (χ1v) is 12.9. The van der Waals surface area contributed by atoms with Crippen molar-refractivity contribution < 1.29 is 49.8 Å². The van der Waals surface area contributed by atoms with Gasteiger partial charge in [0.25, 0.3) is 11.5 Å². The van der Waals surface area contributed by atoms with Gasteiger partial charge < -0.3 is 62.9 Å². The second-order valence-corrected chi connectivity index (χ2v) is 9.35. The van der Waals surface area contributed by atoms with E-state index < -0.39 is 60.4 Å². The number of anilines is 3. The van der Waals surface area contributed by atoms with Gasteiger partial charge in [-0.1, -0.05) is 0 Å². The van der Waals surface area contributed by atoms with Gasteiger partial charge in [-0.3, -0.25) is 19.4 Å². The number of nitrogens with two attached hydrogens (primary N) is 2. The summed E-state index contributed by atoms with van der Waals surface area (Å²) in [5, 5.41) is 61.4. The van der Waals surface area contributed by atoms with Crippen molar-refractivity contribution in [1.82, 2.24) is 15.3 Å². The molecule has 44 heavy (non-hydrogen) atoms. The van der Waals surface area contributed by atoms with E-state index in [-0.39, 0.29) is 36.3 Å². The van der Waals surface area contributed by atoms with Crippen LogP contribution in [0.25, 0.3) is 0 Å². The molecule has 0 bridgehead atoms. The molecular weight excluding hydrogens is 588 g/mol. The van der Waals surface area contributed by atoms with E-state index in [9.17, 15) is 24.0 Å². The Morgan fingerprint density at radius 1 is 1.09 bits per heavy atom. The second-order valence-electron chi connectivity index (χ2n) is 9.35. The number of nitrogens with one attached hydrogen (secondary N) is 4. The Morgan fingerprint density at radius 2 is 1.75 bits per heavy atom. The third-order valence-electron chi connectivity index (χ3n) is 6.02. The van der Waals surface area contributed by atoms with Gasteiger partial charge in [-0.15, -0.1) is 0 Å². The van der Waals surface area contributed by atoms with Gasteiger partial charge in [0.05, 0.1) is 31.4 Å². The zero-order chi connectivity index (χ0) is 33.0. The van der Waals surface area contributed by atoms with E-state index in [1.54, 1.807) is 12.1 Å². The van der Waals surface area contributed by atoms with Crippen molar-refractivity contribution in [3.05, 3.63) is 40.2 Å². The lowest BCUT2D eigenvalue weighted by molar-refractivity contribution is -0.140. The second kappa shape index (κ2) is 16.6. The first-order valence-electron chi connectivity index (χ1n) is 12.9. The topological polar surface area (TPSA) is 336 Å². The molecule has 3 rings (SSSR count). The van der Waals surface area contributed by atoms with Crippen molar-refractivity contribution >= 4 is 53.0 Å². The van der Waals surface area contributed by atoms with Crippen LogP contribution < -0.4 is 33.0 Å². The number of carbonyl (C=O) groups is 4. The molecule has 1 aromatic heterocycles. The molecule has 1 aliphatic rings. The fourth-order valence-electron chi connectivity index (χ4n) is 3.55. The Kier molecular flexibility index (Phi) is 13.3. The third-order valence-corrected chi connectivity index (χ3v) is 6.02. The quantitative estimate of drug-likeness (QED) is 0.0913. The molecule has 14 N–H and O–H groups in total. The van der Waals surface area contributed by atoms with Gasteiger partial charge in [0.15, 0.2) is 11.5 Å². The number of nitrogen functional groups attached to an aromatic ring is 1. The minimum Gasteiger partial charge on any atom is -0.481 e. The highest BCUT2D eigenvalue weighted by Crippen LogP contribution is 2.21. The molecule has 0 radical (unpaired) electrons. The van der Waals surface area contributed by atoms with Crippen LogP contribution in [0.2, 0.25) is 0 Å². The summed E-state index contributed by atoms with van der Waals surface area (Å²) in [5.74, 6) is -2.77. The Labute approximate surface area is 248 Å². The molecule has 1 unspecified atom stereocenters. The number of carboxylic acids is 2. The number of amides is 1. The Morgan fingerprint density at radius 3 is 2.32 bits per heavy atom. The fourth-order valence-corrected chi connectivity index (χ4v) is 3.55. The molecule has 0 spiro atoms. The van der Waals surface area contributed by atoms with Crippen LogP contribution in [0.4, 0.5) is 23.1 Å². The number of aliphatic hydroxyl groups excluding tert-OH is 4. The first kappa shape index (κ1) is 35.2. The number of aldehydes is 1. The van der Waals surface area contributed by atoms with Crippen LogP contribution in [0.3, 0.4) is 0 Å².